The van der Waals surface area contributed by atoms with E-state index in [4.69, 9.17) is 11.6 Å². The minimum atomic E-state index is 0.0496. The molecule has 1 heterocycles. The topological polar surface area (TPSA) is 58.0 Å². The Morgan fingerprint density at radius 1 is 1.35 bits per heavy atom. The normalized spacial score (nSPS) is 10.6. The van der Waals surface area contributed by atoms with E-state index in [9.17, 15) is 5.11 Å². The Bertz CT molecular complexity index is 634. The molecular formula is C14H15BrClN3O. The monoisotopic (exact) mass is 355 g/mol. The van der Waals surface area contributed by atoms with Gasteiger partial charge in [-0.15, -0.1) is 0 Å². The first-order valence-corrected chi connectivity index (χ1v) is 7.47. The number of aromatic hydroxyl groups is 1. The number of aryl methyl sites for hydroxylation is 1. The van der Waals surface area contributed by atoms with Crippen LogP contribution in [0.4, 0.5) is 5.82 Å². The highest BCUT2D eigenvalue weighted by molar-refractivity contribution is 9.10. The Balaban J connectivity index is 2.45. The molecule has 1 aromatic carbocycles. The highest BCUT2D eigenvalue weighted by atomic mass is 79.9. The van der Waals surface area contributed by atoms with Crippen molar-refractivity contribution in [1.82, 2.24) is 9.97 Å². The lowest BCUT2D eigenvalue weighted by molar-refractivity contribution is 0.475. The molecule has 0 bridgehead atoms. The maximum Gasteiger partial charge on any atom is 0.161 e. The van der Waals surface area contributed by atoms with Gasteiger partial charge in [-0.1, -0.05) is 18.5 Å². The molecule has 2 N–H and O–H groups in total. The van der Waals surface area contributed by atoms with Crippen LogP contribution >= 0.6 is 27.5 Å². The first-order valence-electron chi connectivity index (χ1n) is 6.29. The minimum absolute atomic E-state index is 0.0496. The van der Waals surface area contributed by atoms with Crippen LogP contribution in [0.3, 0.4) is 0 Å². The molecule has 0 amide bonds. The maximum absolute atomic E-state index is 9.47. The Hall–Kier alpha value is -1.33. The third kappa shape index (κ3) is 3.22. The first kappa shape index (κ1) is 15.1. The Morgan fingerprint density at radius 2 is 2.10 bits per heavy atom. The Labute approximate surface area is 131 Å². The van der Waals surface area contributed by atoms with Gasteiger partial charge in [0, 0.05) is 12.1 Å². The second-order valence-corrected chi connectivity index (χ2v) is 5.59. The second-order valence-electron chi connectivity index (χ2n) is 4.39. The van der Waals surface area contributed by atoms with E-state index in [1.165, 1.54) is 6.07 Å². The third-order valence-electron chi connectivity index (χ3n) is 2.77. The van der Waals surface area contributed by atoms with Crippen molar-refractivity contribution < 1.29 is 5.11 Å². The van der Waals surface area contributed by atoms with Gasteiger partial charge in [0.15, 0.2) is 5.82 Å². The van der Waals surface area contributed by atoms with Gasteiger partial charge in [-0.05, 0) is 47.5 Å². The van der Waals surface area contributed by atoms with Crippen LogP contribution in [-0.4, -0.2) is 21.6 Å². The van der Waals surface area contributed by atoms with Crippen molar-refractivity contribution in [2.24, 2.45) is 0 Å². The molecule has 0 fully saturated rings. The lowest BCUT2D eigenvalue weighted by Gasteiger charge is -2.11. The number of rotatable bonds is 4. The average Bonchev–Trinajstić information content (AvgIpc) is 2.43. The molecule has 0 saturated carbocycles. The predicted molar refractivity (Wildman–Crippen MR) is 85.4 cm³/mol. The molecule has 2 rings (SSSR count). The van der Waals surface area contributed by atoms with E-state index < -0.39 is 0 Å². The number of hydrogen-bond donors (Lipinski definition) is 2. The molecule has 0 unspecified atom stereocenters. The van der Waals surface area contributed by atoms with Crippen LogP contribution in [0.5, 0.6) is 5.75 Å². The number of phenols is 1. The van der Waals surface area contributed by atoms with E-state index in [1.54, 1.807) is 12.1 Å². The molecule has 2 aromatic rings. The zero-order valence-electron chi connectivity index (χ0n) is 11.2. The van der Waals surface area contributed by atoms with Crippen LogP contribution in [0.2, 0.25) is 5.02 Å². The Morgan fingerprint density at radius 3 is 2.75 bits per heavy atom. The average molecular weight is 357 g/mol. The molecule has 1 aromatic heterocycles. The van der Waals surface area contributed by atoms with Gasteiger partial charge in [0.05, 0.1) is 15.2 Å². The molecule has 20 heavy (non-hydrogen) atoms. The van der Waals surface area contributed by atoms with E-state index in [0.717, 1.165) is 34.5 Å². The van der Waals surface area contributed by atoms with Crippen molar-refractivity contribution in [2.75, 3.05) is 11.9 Å². The fourth-order valence-corrected chi connectivity index (χ4v) is 2.19. The summed E-state index contributed by atoms with van der Waals surface area (Å²) in [6.07, 6.45) is 1.01. The summed E-state index contributed by atoms with van der Waals surface area (Å²) in [7, 11) is 0. The van der Waals surface area contributed by atoms with Gasteiger partial charge in [-0.3, -0.25) is 0 Å². The molecule has 0 aliphatic heterocycles. The minimum Gasteiger partial charge on any atom is -0.506 e. The molecule has 6 heteroatoms. The smallest absolute Gasteiger partial charge is 0.161 e. The van der Waals surface area contributed by atoms with E-state index in [-0.39, 0.29) is 10.8 Å². The number of hydrogen-bond acceptors (Lipinski definition) is 4. The summed E-state index contributed by atoms with van der Waals surface area (Å²) in [5, 5.41) is 13.0. The second kappa shape index (κ2) is 6.41. The van der Waals surface area contributed by atoms with Crippen LogP contribution < -0.4 is 5.32 Å². The van der Waals surface area contributed by atoms with Gasteiger partial charge in [-0.2, -0.15) is 0 Å². The maximum atomic E-state index is 9.47. The molecule has 106 valence electrons. The summed E-state index contributed by atoms with van der Waals surface area (Å²) in [6, 6.07) is 4.94. The number of nitrogens with one attached hydrogen (secondary N) is 1. The van der Waals surface area contributed by atoms with Crippen molar-refractivity contribution in [3.05, 3.63) is 33.4 Å². The van der Waals surface area contributed by atoms with Crippen LogP contribution in [0.15, 0.2) is 22.7 Å². The molecular weight excluding hydrogens is 342 g/mol. The number of anilines is 1. The number of nitrogens with zero attached hydrogens (tertiary/aromatic N) is 2. The predicted octanol–water partition coefficient (Wildman–Crippen LogP) is 4.40. The molecule has 0 aliphatic carbocycles. The summed E-state index contributed by atoms with van der Waals surface area (Å²) >= 11 is 9.42. The highest BCUT2D eigenvalue weighted by Crippen LogP contribution is 2.30. The van der Waals surface area contributed by atoms with Crippen molar-refractivity contribution in [3.63, 3.8) is 0 Å². The standard InChI is InChI=1S/C14H15BrClN3O/c1-3-6-17-14-12(15)8(2)18-13(19-14)9-4-5-11(20)10(16)7-9/h4-5,7,20H,3,6H2,1-2H3,(H,17,18,19). The molecule has 0 aliphatic rings. The van der Waals surface area contributed by atoms with Gasteiger partial charge in [0.2, 0.25) is 0 Å². The van der Waals surface area contributed by atoms with Gasteiger partial charge in [-0.25, -0.2) is 9.97 Å². The fourth-order valence-electron chi connectivity index (χ4n) is 1.69. The van der Waals surface area contributed by atoms with Crippen molar-refractivity contribution >= 4 is 33.3 Å². The zero-order valence-corrected chi connectivity index (χ0v) is 13.6. The summed E-state index contributed by atoms with van der Waals surface area (Å²) < 4.78 is 0.861. The lowest BCUT2D eigenvalue weighted by Crippen LogP contribution is -2.06. The molecule has 0 saturated heterocycles. The molecule has 0 atom stereocenters. The molecule has 0 spiro atoms. The molecule has 4 nitrogen and oxygen atoms in total. The van der Waals surface area contributed by atoms with Gasteiger partial charge < -0.3 is 10.4 Å². The van der Waals surface area contributed by atoms with Crippen molar-refractivity contribution in [1.29, 1.82) is 0 Å². The van der Waals surface area contributed by atoms with Crippen molar-refractivity contribution in [2.45, 2.75) is 20.3 Å². The van der Waals surface area contributed by atoms with Crippen LogP contribution in [0.25, 0.3) is 11.4 Å². The largest absolute Gasteiger partial charge is 0.506 e. The number of halogens is 2. The summed E-state index contributed by atoms with van der Waals surface area (Å²) in [5.74, 6) is 1.39. The summed E-state index contributed by atoms with van der Waals surface area (Å²) in [6.45, 7) is 4.84. The SMILES string of the molecule is CCCNc1nc(-c2ccc(O)c(Cl)c2)nc(C)c1Br. The highest BCUT2D eigenvalue weighted by Gasteiger charge is 2.11. The fraction of sp³-hybridized carbons (Fsp3) is 0.286. The van der Waals surface area contributed by atoms with E-state index in [2.05, 4.69) is 38.1 Å². The number of aromatic nitrogens is 2. The zero-order chi connectivity index (χ0) is 14.7. The first-order chi connectivity index (χ1) is 9.52. The quantitative estimate of drug-likeness (QED) is 0.852. The summed E-state index contributed by atoms with van der Waals surface area (Å²) in [5.41, 5.74) is 1.61. The number of phenolic OH excluding ortho intramolecular Hbond substituents is 1. The Kier molecular flexibility index (Phi) is 4.83. The van der Waals surface area contributed by atoms with Crippen LogP contribution in [-0.2, 0) is 0 Å². The van der Waals surface area contributed by atoms with E-state index >= 15 is 0 Å². The van der Waals surface area contributed by atoms with Crippen molar-refractivity contribution in [3.8, 4) is 17.1 Å². The van der Waals surface area contributed by atoms with Gasteiger partial charge in [0.25, 0.3) is 0 Å². The van der Waals surface area contributed by atoms with Crippen LogP contribution in [0, 0.1) is 6.92 Å². The summed E-state index contributed by atoms with van der Waals surface area (Å²) in [4.78, 5) is 8.95. The van der Waals surface area contributed by atoms with E-state index in [1.807, 2.05) is 6.92 Å². The van der Waals surface area contributed by atoms with E-state index in [0.29, 0.717) is 5.82 Å². The van der Waals surface area contributed by atoms with Gasteiger partial charge in [0.1, 0.15) is 11.6 Å². The lowest BCUT2D eigenvalue weighted by atomic mass is 10.2. The van der Waals surface area contributed by atoms with Gasteiger partial charge >= 0.3 is 0 Å². The van der Waals surface area contributed by atoms with Crippen LogP contribution in [0.1, 0.15) is 19.0 Å². The third-order valence-corrected chi connectivity index (χ3v) is 4.02. The molecule has 0 radical (unpaired) electrons. The number of benzene rings is 1.